The van der Waals surface area contributed by atoms with Gasteiger partial charge in [0.25, 0.3) is 0 Å². The van der Waals surface area contributed by atoms with Crippen LogP contribution in [0.25, 0.3) is 0 Å². The van der Waals surface area contributed by atoms with Crippen LogP contribution in [0.1, 0.15) is 48.9 Å². The zero-order valence-electron chi connectivity index (χ0n) is 13.2. The molecule has 1 aromatic carbocycles. The van der Waals surface area contributed by atoms with Crippen molar-refractivity contribution in [3.63, 3.8) is 0 Å². The van der Waals surface area contributed by atoms with Crippen molar-refractivity contribution in [2.45, 2.75) is 52.9 Å². The van der Waals surface area contributed by atoms with Crippen LogP contribution in [0.4, 0.5) is 0 Å². The molecule has 0 radical (unpaired) electrons. The van der Waals surface area contributed by atoms with E-state index in [1.807, 2.05) is 0 Å². The Morgan fingerprint density at radius 1 is 1.29 bits per heavy atom. The quantitative estimate of drug-likeness (QED) is 0.907. The Morgan fingerprint density at radius 3 is 2.38 bits per heavy atom. The number of halogens is 1. The third kappa shape index (κ3) is 2.89. The van der Waals surface area contributed by atoms with Crippen LogP contribution in [0.15, 0.2) is 0 Å². The number of methoxy groups -OCH3 is 1. The molecule has 0 saturated carbocycles. The zero-order chi connectivity index (χ0) is 15.8. The normalized spacial score (nSPS) is 14.7. The fourth-order valence-electron chi connectivity index (χ4n) is 3.13. The summed E-state index contributed by atoms with van der Waals surface area (Å²) >= 11 is 6.54. The van der Waals surface area contributed by atoms with Gasteiger partial charge in [0.15, 0.2) is 0 Å². The fraction of sp³-hybridized carbons (Fsp3) is 0.588. The van der Waals surface area contributed by atoms with Crippen molar-refractivity contribution in [2.24, 2.45) is 5.41 Å². The third-order valence-electron chi connectivity index (χ3n) is 4.51. The summed E-state index contributed by atoms with van der Waals surface area (Å²) in [7, 11) is 1.60. The standard InChI is InChI=1S/C17H23ClO3/c1-10-11-7-5-6-8-12(11)14(18)15(21-4)13(10)9-17(2,3)16(19)20/h5-9H2,1-4H3,(H,19,20). The summed E-state index contributed by atoms with van der Waals surface area (Å²) in [5.74, 6) is -0.151. The van der Waals surface area contributed by atoms with Crippen molar-refractivity contribution < 1.29 is 14.6 Å². The predicted octanol–water partition coefficient (Wildman–Crippen LogP) is 4.19. The van der Waals surface area contributed by atoms with Crippen molar-refractivity contribution >= 4 is 17.6 Å². The van der Waals surface area contributed by atoms with E-state index in [2.05, 4.69) is 6.92 Å². The Balaban J connectivity index is 2.60. The molecule has 1 N–H and O–H groups in total. The van der Waals surface area contributed by atoms with Crippen LogP contribution in [0.3, 0.4) is 0 Å². The van der Waals surface area contributed by atoms with Crippen LogP contribution in [-0.2, 0) is 24.1 Å². The molecule has 116 valence electrons. The van der Waals surface area contributed by atoms with Crippen LogP contribution >= 0.6 is 11.6 Å². The molecule has 0 unspecified atom stereocenters. The first-order chi connectivity index (χ1) is 9.79. The minimum atomic E-state index is -0.843. The topological polar surface area (TPSA) is 46.5 Å². The fourth-order valence-corrected chi connectivity index (χ4v) is 3.53. The lowest BCUT2D eigenvalue weighted by atomic mass is 9.79. The monoisotopic (exact) mass is 310 g/mol. The predicted molar refractivity (Wildman–Crippen MR) is 84.5 cm³/mol. The van der Waals surface area contributed by atoms with Gasteiger partial charge in [-0.2, -0.15) is 0 Å². The van der Waals surface area contributed by atoms with Gasteiger partial charge >= 0.3 is 5.97 Å². The number of rotatable bonds is 4. The number of hydrogen-bond acceptors (Lipinski definition) is 2. The van der Waals surface area contributed by atoms with Gasteiger partial charge in [-0.3, -0.25) is 4.79 Å². The van der Waals surface area contributed by atoms with Crippen molar-refractivity contribution in [3.8, 4) is 5.75 Å². The second kappa shape index (κ2) is 5.88. The molecule has 4 heteroatoms. The molecule has 1 aromatic rings. The summed E-state index contributed by atoms with van der Waals surface area (Å²) in [5.41, 5.74) is 3.73. The molecule has 3 nitrogen and oxygen atoms in total. The SMILES string of the molecule is COc1c(Cl)c2c(c(C)c1CC(C)(C)C(=O)O)CCCC2. The lowest BCUT2D eigenvalue weighted by Gasteiger charge is -2.28. The highest BCUT2D eigenvalue weighted by atomic mass is 35.5. The van der Waals surface area contributed by atoms with Crippen molar-refractivity contribution in [2.75, 3.05) is 7.11 Å². The molecular weight excluding hydrogens is 288 g/mol. The van der Waals surface area contributed by atoms with E-state index in [9.17, 15) is 9.90 Å². The van der Waals surface area contributed by atoms with Crippen molar-refractivity contribution in [3.05, 3.63) is 27.3 Å². The molecular formula is C17H23ClO3. The molecule has 2 rings (SSSR count). The number of aliphatic carboxylic acids is 1. The lowest BCUT2D eigenvalue weighted by Crippen LogP contribution is -2.27. The number of carboxylic acid groups (broad SMARTS) is 1. The maximum Gasteiger partial charge on any atom is 0.309 e. The Bertz CT molecular complexity index is 576. The first kappa shape index (κ1) is 16.2. The van der Waals surface area contributed by atoms with Gasteiger partial charge in [0, 0.05) is 0 Å². The van der Waals surface area contributed by atoms with Crippen LogP contribution in [0.2, 0.25) is 5.02 Å². The van der Waals surface area contributed by atoms with Gasteiger partial charge in [-0.1, -0.05) is 11.6 Å². The minimum Gasteiger partial charge on any atom is -0.495 e. The maximum absolute atomic E-state index is 11.4. The van der Waals surface area contributed by atoms with Crippen molar-refractivity contribution in [1.82, 2.24) is 0 Å². The molecule has 21 heavy (non-hydrogen) atoms. The van der Waals surface area contributed by atoms with Crippen LogP contribution in [0.5, 0.6) is 5.75 Å². The van der Waals surface area contributed by atoms with E-state index in [0.717, 1.165) is 36.8 Å². The van der Waals surface area contributed by atoms with Crippen molar-refractivity contribution in [1.29, 1.82) is 0 Å². The van der Waals surface area contributed by atoms with Gasteiger partial charge in [0.2, 0.25) is 0 Å². The Labute approximate surface area is 131 Å². The molecule has 0 atom stereocenters. The smallest absolute Gasteiger partial charge is 0.309 e. The molecule has 0 aliphatic heterocycles. The van der Waals surface area contributed by atoms with Crippen LogP contribution < -0.4 is 4.74 Å². The van der Waals surface area contributed by atoms with Gasteiger partial charge < -0.3 is 9.84 Å². The van der Waals surface area contributed by atoms with E-state index >= 15 is 0 Å². The number of ether oxygens (including phenoxy) is 1. The first-order valence-corrected chi connectivity index (χ1v) is 7.77. The van der Waals surface area contributed by atoms with E-state index in [-0.39, 0.29) is 0 Å². The molecule has 0 spiro atoms. The van der Waals surface area contributed by atoms with E-state index in [1.165, 1.54) is 11.1 Å². The van der Waals surface area contributed by atoms with E-state index in [4.69, 9.17) is 16.3 Å². The first-order valence-electron chi connectivity index (χ1n) is 7.39. The van der Waals surface area contributed by atoms with Gasteiger partial charge in [0.05, 0.1) is 17.5 Å². The Kier molecular flexibility index (Phi) is 4.52. The van der Waals surface area contributed by atoms with E-state index in [1.54, 1.807) is 21.0 Å². The molecule has 0 aromatic heterocycles. The minimum absolute atomic E-state index is 0.421. The van der Waals surface area contributed by atoms with Gasteiger partial charge in [0.1, 0.15) is 5.75 Å². The lowest BCUT2D eigenvalue weighted by molar-refractivity contribution is -0.146. The molecule has 0 amide bonds. The van der Waals surface area contributed by atoms with E-state index in [0.29, 0.717) is 17.2 Å². The molecule has 0 saturated heterocycles. The van der Waals surface area contributed by atoms with Crippen LogP contribution in [0, 0.1) is 12.3 Å². The van der Waals surface area contributed by atoms with Gasteiger partial charge in [-0.15, -0.1) is 0 Å². The summed E-state index contributed by atoms with van der Waals surface area (Å²) in [6, 6.07) is 0. The summed E-state index contributed by atoms with van der Waals surface area (Å²) in [6.45, 7) is 5.54. The zero-order valence-corrected chi connectivity index (χ0v) is 13.9. The summed E-state index contributed by atoms with van der Waals surface area (Å²) in [4.78, 5) is 11.4. The molecule has 0 heterocycles. The highest BCUT2D eigenvalue weighted by Gasteiger charge is 2.32. The number of benzene rings is 1. The maximum atomic E-state index is 11.4. The Hall–Kier alpha value is -1.22. The largest absolute Gasteiger partial charge is 0.495 e. The number of carbonyl (C=O) groups is 1. The third-order valence-corrected chi connectivity index (χ3v) is 4.91. The summed E-state index contributed by atoms with van der Waals surface area (Å²) in [6.07, 6.45) is 4.73. The average molecular weight is 311 g/mol. The van der Waals surface area contributed by atoms with E-state index < -0.39 is 11.4 Å². The second-order valence-corrected chi connectivity index (χ2v) is 6.86. The number of hydrogen-bond donors (Lipinski definition) is 1. The van der Waals surface area contributed by atoms with Gasteiger partial charge in [-0.25, -0.2) is 0 Å². The van der Waals surface area contributed by atoms with Gasteiger partial charge in [-0.05, 0) is 75.1 Å². The summed E-state index contributed by atoms with van der Waals surface area (Å²) in [5, 5.41) is 10.1. The second-order valence-electron chi connectivity index (χ2n) is 6.48. The highest BCUT2D eigenvalue weighted by Crippen LogP contribution is 2.43. The molecule has 1 aliphatic rings. The number of carboxylic acids is 1. The summed E-state index contributed by atoms with van der Waals surface area (Å²) < 4.78 is 5.52. The number of fused-ring (bicyclic) bond motifs is 1. The average Bonchev–Trinajstić information content (AvgIpc) is 2.44. The Morgan fingerprint density at radius 2 is 1.86 bits per heavy atom. The highest BCUT2D eigenvalue weighted by molar-refractivity contribution is 6.33. The molecule has 0 bridgehead atoms. The molecule has 1 aliphatic carbocycles. The van der Waals surface area contributed by atoms with Crippen LogP contribution in [-0.4, -0.2) is 18.2 Å². The molecule has 0 fully saturated rings.